The number of sulfonamides is 1. The summed E-state index contributed by atoms with van der Waals surface area (Å²) in [6.07, 6.45) is 4.74. The van der Waals surface area contributed by atoms with Gasteiger partial charge < -0.3 is 5.11 Å². The SMILES string of the molecule is O=S(=O)(c1ccc(O)c2ncccc12)N1CCCC1c1ccccn1. The average Bonchev–Trinajstić information content (AvgIpc) is 3.13. The first-order chi connectivity index (χ1) is 12.1. The van der Waals surface area contributed by atoms with E-state index in [0.717, 1.165) is 18.5 Å². The lowest BCUT2D eigenvalue weighted by Gasteiger charge is -2.24. The molecule has 1 aliphatic heterocycles. The molecule has 0 bridgehead atoms. The molecule has 0 radical (unpaired) electrons. The third-order valence-corrected chi connectivity index (χ3v) is 6.49. The molecule has 1 aromatic carbocycles. The molecule has 7 heteroatoms. The maximum absolute atomic E-state index is 13.3. The molecule has 128 valence electrons. The second-order valence-corrected chi connectivity index (χ2v) is 7.87. The van der Waals surface area contributed by atoms with Gasteiger partial charge in [-0.2, -0.15) is 4.31 Å². The summed E-state index contributed by atoms with van der Waals surface area (Å²) < 4.78 is 28.2. The number of aromatic hydroxyl groups is 1. The summed E-state index contributed by atoms with van der Waals surface area (Å²) in [5.74, 6) is -0.0303. The van der Waals surface area contributed by atoms with Crippen LogP contribution in [0.15, 0.2) is 59.8 Å². The van der Waals surface area contributed by atoms with Crippen molar-refractivity contribution >= 4 is 20.9 Å². The number of fused-ring (bicyclic) bond motifs is 1. The van der Waals surface area contributed by atoms with Crippen LogP contribution >= 0.6 is 0 Å². The summed E-state index contributed by atoms with van der Waals surface area (Å²) in [6.45, 7) is 0.451. The van der Waals surface area contributed by atoms with E-state index in [1.54, 1.807) is 18.3 Å². The largest absolute Gasteiger partial charge is 0.506 e. The van der Waals surface area contributed by atoms with Gasteiger partial charge in [0.2, 0.25) is 10.0 Å². The molecule has 1 fully saturated rings. The van der Waals surface area contributed by atoms with Crippen LogP contribution in [0.3, 0.4) is 0 Å². The highest BCUT2D eigenvalue weighted by Gasteiger charge is 2.37. The van der Waals surface area contributed by atoms with Gasteiger partial charge in [-0.15, -0.1) is 0 Å². The monoisotopic (exact) mass is 355 g/mol. The minimum atomic E-state index is -3.74. The van der Waals surface area contributed by atoms with E-state index in [0.29, 0.717) is 11.9 Å². The van der Waals surface area contributed by atoms with Gasteiger partial charge in [0.25, 0.3) is 0 Å². The minimum absolute atomic E-state index is 0.0303. The van der Waals surface area contributed by atoms with Gasteiger partial charge in [-0.3, -0.25) is 9.97 Å². The lowest BCUT2D eigenvalue weighted by molar-refractivity contribution is 0.391. The number of hydrogen-bond donors (Lipinski definition) is 1. The van der Waals surface area contributed by atoms with Gasteiger partial charge in [0.15, 0.2) is 0 Å². The Bertz CT molecular complexity index is 1020. The third kappa shape index (κ3) is 2.65. The van der Waals surface area contributed by atoms with Crippen LogP contribution in [-0.2, 0) is 10.0 Å². The Kier molecular flexibility index (Phi) is 3.89. The number of pyridine rings is 2. The van der Waals surface area contributed by atoms with Gasteiger partial charge in [0, 0.05) is 24.3 Å². The quantitative estimate of drug-likeness (QED) is 0.781. The van der Waals surface area contributed by atoms with Crippen LogP contribution < -0.4 is 0 Å². The first kappa shape index (κ1) is 16.0. The molecule has 1 aliphatic rings. The first-order valence-electron chi connectivity index (χ1n) is 8.08. The van der Waals surface area contributed by atoms with Gasteiger partial charge in [-0.25, -0.2) is 8.42 Å². The first-order valence-corrected chi connectivity index (χ1v) is 9.52. The van der Waals surface area contributed by atoms with Crippen LogP contribution in [0.2, 0.25) is 0 Å². The second-order valence-electron chi connectivity index (χ2n) is 6.01. The van der Waals surface area contributed by atoms with Crippen LogP contribution in [0, 0.1) is 0 Å². The molecule has 0 spiro atoms. The lowest BCUT2D eigenvalue weighted by atomic mass is 10.1. The molecule has 1 N–H and O–H groups in total. The molecule has 2 aromatic heterocycles. The van der Waals surface area contributed by atoms with Crippen LogP contribution in [0.1, 0.15) is 24.6 Å². The van der Waals surface area contributed by atoms with E-state index < -0.39 is 10.0 Å². The number of aromatic nitrogens is 2. The maximum Gasteiger partial charge on any atom is 0.244 e. The van der Waals surface area contributed by atoms with Crippen molar-refractivity contribution in [3.05, 3.63) is 60.6 Å². The van der Waals surface area contributed by atoms with Gasteiger partial charge in [-0.05, 0) is 49.2 Å². The van der Waals surface area contributed by atoms with E-state index in [4.69, 9.17) is 0 Å². The molecule has 0 amide bonds. The van der Waals surface area contributed by atoms with Crippen molar-refractivity contribution in [3.63, 3.8) is 0 Å². The highest BCUT2D eigenvalue weighted by molar-refractivity contribution is 7.89. The van der Waals surface area contributed by atoms with Gasteiger partial charge in [-0.1, -0.05) is 6.07 Å². The molecule has 6 nitrogen and oxygen atoms in total. The smallest absolute Gasteiger partial charge is 0.244 e. The van der Waals surface area contributed by atoms with Gasteiger partial charge in [0.05, 0.1) is 16.6 Å². The summed E-state index contributed by atoms with van der Waals surface area (Å²) >= 11 is 0. The zero-order valence-electron chi connectivity index (χ0n) is 13.4. The Labute approximate surface area is 145 Å². The Morgan fingerprint density at radius 2 is 1.88 bits per heavy atom. The number of rotatable bonds is 3. The normalized spacial score (nSPS) is 18.6. The van der Waals surface area contributed by atoms with E-state index in [1.165, 1.54) is 22.6 Å². The number of phenols is 1. The van der Waals surface area contributed by atoms with Crippen LogP contribution in [0.4, 0.5) is 0 Å². The number of hydrogen-bond acceptors (Lipinski definition) is 5. The number of nitrogens with zero attached hydrogens (tertiary/aromatic N) is 3. The average molecular weight is 355 g/mol. The third-order valence-electron chi connectivity index (χ3n) is 4.53. The molecule has 0 saturated carbocycles. The van der Waals surface area contributed by atoms with E-state index in [-0.39, 0.29) is 22.2 Å². The maximum atomic E-state index is 13.3. The Morgan fingerprint density at radius 3 is 2.68 bits per heavy atom. The van der Waals surface area contributed by atoms with E-state index in [9.17, 15) is 13.5 Å². The van der Waals surface area contributed by atoms with E-state index >= 15 is 0 Å². The van der Waals surface area contributed by atoms with Crippen molar-refractivity contribution in [2.45, 2.75) is 23.8 Å². The Hall–Kier alpha value is -2.51. The van der Waals surface area contributed by atoms with Crippen LogP contribution in [0.5, 0.6) is 5.75 Å². The van der Waals surface area contributed by atoms with Crippen molar-refractivity contribution in [1.82, 2.24) is 14.3 Å². The molecule has 25 heavy (non-hydrogen) atoms. The van der Waals surface area contributed by atoms with Crippen molar-refractivity contribution in [2.24, 2.45) is 0 Å². The van der Waals surface area contributed by atoms with E-state index in [1.807, 2.05) is 18.2 Å². The highest BCUT2D eigenvalue weighted by atomic mass is 32.2. The van der Waals surface area contributed by atoms with Crippen molar-refractivity contribution in [3.8, 4) is 5.75 Å². The topological polar surface area (TPSA) is 83.4 Å². The summed E-state index contributed by atoms with van der Waals surface area (Å²) in [4.78, 5) is 8.61. The van der Waals surface area contributed by atoms with E-state index in [2.05, 4.69) is 9.97 Å². The zero-order valence-corrected chi connectivity index (χ0v) is 14.2. The second kappa shape index (κ2) is 6.09. The van der Waals surface area contributed by atoms with Crippen LogP contribution in [0.25, 0.3) is 10.9 Å². The lowest BCUT2D eigenvalue weighted by Crippen LogP contribution is -2.31. The predicted molar refractivity (Wildman–Crippen MR) is 93.5 cm³/mol. The Morgan fingerprint density at radius 1 is 1.04 bits per heavy atom. The van der Waals surface area contributed by atoms with Gasteiger partial charge >= 0.3 is 0 Å². The molecule has 3 heterocycles. The number of phenolic OH excluding ortho intramolecular Hbond substituents is 1. The minimum Gasteiger partial charge on any atom is -0.506 e. The fraction of sp³-hybridized carbons (Fsp3) is 0.222. The molecule has 1 saturated heterocycles. The number of benzene rings is 1. The summed E-state index contributed by atoms with van der Waals surface area (Å²) in [7, 11) is -3.74. The fourth-order valence-electron chi connectivity index (χ4n) is 3.38. The summed E-state index contributed by atoms with van der Waals surface area (Å²) in [6, 6.07) is 11.4. The molecular formula is C18H17N3O3S. The molecule has 4 rings (SSSR count). The molecule has 1 atom stereocenters. The summed E-state index contributed by atoms with van der Waals surface area (Å²) in [5, 5.41) is 10.4. The van der Waals surface area contributed by atoms with Gasteiger partial charge in [0.1, 0.15) is 11.3 Å². The molecule has 0 aliphatic carbocycles. The molecule has 3 aromatic rings. The van der Waals surface area contributed by atoms with Crippen molar-refractivity contribution in [2.75, 3.05) is 6.54 Å². The standard InChI is InChI=1S/C18H17N3O3S/c22-16-8-9-17(13-5-3-11-20-18(13)16)25(23,24)21-12-4-7-15(21)14-6-1-2-10-19-14/h1-3,5-6,8-11,15,22H,4,7,12H2. The summed E-state index contributed by atoms with van der Waals surface area (Å²) in [5.41, 5.74) is 1.04. The molecular weight excluding hydrogens is 338 g/mol. The van der Waals surface area contributed by atoms with Crippen molar-refractivity contribution < 1.29 is 13.5 Å². The Balaban J connectivity index is 1.84. The van der Waals surface area contributed by atoms with Crippen molar-refractivity contribution in [1.29, 1.82) is 0 Å². The molecule has 1 unspecified atom stereocenters. The fourth-order valence-corrected chi connectivity index (χ4v) is 5.23. The zero-order chi connectivity index (χ0) is 17.4. The van der Waals surface area contributed by atoms with Crippen LogP contribution in [-0.4, -0.2) is 34.3 Å². The highest BCUT2D eigenvalue weighted by Crippen LogP contribution is 2.38. The predicted octanol–water partition coefficient (Wildman–Crippen LogP) is 2.86.